The number of nitrogens with zero attached hydrogens (tertiary/aromatic N) is 5. The average Bonchev–Trinajstić information content (AvgIpc) is 3.42. The van der Waals surface area contributed by atoms with Crippen LogP contribution in [0, 0.1) is 20.2 Å². The quantitative estimate of drug-likeness (QED) is 0.170. The van der Waals surface area contributed by atoms with Gasteiger partial charge in [0, 0.05) is 37.8 Å². The Hall–Kier alpha value is -4.70. The van der Waals surface area contributed by atoms with Gasteiger partial charge < -0.3 is 9.64 Å². The van der Waals surface area contributed by atoms with E-state index in [0.29, 0.717) is 25.0 Å². The summed E-state index contributed by atoms with van der Waals surface area (Å²) in [6.45, 7) is 6.51. The van der Waals surface area contributed by atoms with Gasteiger partial charge in [0.2, 0.25) is 5.91 Å². The zero-order valence-electron chi connectivity index (χ0n) is 24.1. The number of likely N-dealkylation sites (N-methyl/N-ethyl adjacent to an activating group) is 1. The van der Waals surface area contributed by atoms with Crippen molar-refractivity contribution in [3.05, 3.63) is 86.0 Å². The van der Waals surface area contributed by atoms with Gasteiger partial charge in [0.1, 0.15) is 22.2 Å². The smallest absolute Gasteiger partial charge is 0.416 e. The molecule has 230 valence electrons. The van der Waals surface area contributed by atoms with E-state index >= 15 is 0 Å². The van der Waals surface area contributed by atoms with Crippen LogP contribution in [0.25, 0.3) is 0 Å². The number of sulfone groups is 1. The van der Waals surface area contributed by atoms with Gasteiger partial charge in [-0.25, -0.2) is 13.2 Å². The molecule has 0 saturated heterocycles. The lowest BCUT2D eigenvalue weighted by Crippen LogP contribution is -2.39. The molecule has 0 bridgehead atoms. The van der Waals surface area contributed by atoms with Crippen LogP contribution >= 0.6 is 0 Å². The van der Waals surface area contributed by atoms with Gasteiger partial charge >= 0.3 is 6.09 Å². The second-order valence-corrected chi connectivity index (χ2v) is 12.5. The SMILES string of the molecule is CN(Cc1ccc(C2=NCCN2C(=O)OC(C)(C)C)cc1)C(=O)/C=C/CNCS(=O)(=O)c1ccc([N+](=O)[O-])cc1[N+](=O)[O-]. The maximum Gasteiger partial charge on any atom is 0.416 e. The lowest BCUT2D eigenvalue weighted by atomic mass is 10.1. The molecule has 0 radical (unpaired) electrons. The summed E-state index contributed by atoms with van der Waals surface area (Å²) >= 11 is 0. The van der Waals surface area contributed by atoms with Crippen molar-refractivity contribution in [1.82, 2.24) is 15.1 Å². The molecule has 1 aliphatic rings. The largest absolute Gasteiger partial charge is 0.443 e. The van der Waals surface area contributed by atoms with E-state index < -0.39 is 53.5 Å². The van der Waals surface area contributed by atoms with Crippen molar-refractivity contribution in [2.45, 2.75) is 37.8 Å². The third-order valence-electron chi connectivity index (χ3n) is 5.96. The topological polar surface area (TPSA) is 195 Å². The van der Waals surface area contributed by atoms with Gasteiger partial charge in [-0.15, -0.1) is 0 Å². The van der Waals surface area contributed by atoms with E-state index in [1.165, 1.54) is 22.0 Å². The predicted molar refractivity (Wildman–Crippen MR) is 156 cm³/mol. The molecule has 15 nitrogen and oxygen atoms in total. The summed E-state index contributed by atoms with van der Waals surface area (Å²) in [5.74, 6) is -0.523. The number of carbonyl (C=O) groups excluding carboxylic acids is 2. The Balaban J connectivity index is 1.52. The molecule has 2 aromatic rings. The number of rotatable bonds is 11. The summed E-state index contributed by atoms with van der Waals surface area (Å²) in [6.07, 6.45) is 2.20. The molecule has 1 N–H and O–H groups in total. The lowest BCUT2D eigenvalue weighted by molar-refractivity contribution is -0.396. The first kappa shape index (κ1) is 32.8. The number of amidine groups is 1. The van der Waals surface area contributed by atoms with Crippen molar-refractivity contribution < 1.29 is 32.6 Å². The number of nitro groups is 2. The highest BCUT2D eigenvalue weighted by Crippen LogP contribution is 2.28. The normalized spacial score (nSPS) is 13.6. The first-order valence-electron chi connectivity index (χ1n) is 13.0. The number of benzene rings is 2. The van der Waals surface area contributed by atoms with Gasteiger partial charge in [0.25, 0.3) is 11.4 Å². The average molecular weight is 617 g/mol. The van der Waals surface area contributed by atoms with Gasteiger partial charge in [-0.05, 0) is 32.4 Å². The number of hydrogen-bond acceptors (Lipinski definition) is 11. The molecule has 1 aliphatic heterocycles. The summed E-state index contributed by atoms with van der Waals surface area (Å²) in [5, 5.41) is 24.7. The van der Waals surface area contributed by atoms with Crippen LogP contribution < -0.4 is 5.32 Å². The predicted octanol–water partition coefficient (Wildman–Crippen LogP) is 3.04. The van der Waals surface area contributed by atoms with E-state index in [1.54, 1.807) is 27.8 Å². The van der Waals surface area contributed by atoms with E-state index in [0.717, 1.165) is 23.3 Å². The van der Waals surface area contributed by atoms with Crippen LogP contribution in [0.4, 0.5) is 16.2 Å². The van der Waals surface area contributed by atoms with E-state index in [4.69, 9.17) is 4.74 Å². The molecular weight excluding hydrogens is 584 g/mol. The molecule has 2 aromatic carbocycles. The molecule has 0 spiro atoms. The summed E-state index contributed by atoms with van der Waals surface area (Å²) in [7, 11) is -2.61. The third kappa shape index (κ3) is 8.89. The minimum absolute atomic E-state index is 0.0372. The van der Waals surface area contributed by atoms with Crippen LogP contribution in [-0.4, -0.2) is 84.1 Å². The molecule has 2 amide bonds. The Morgan fingerprint density at radius 1 is 1.12 bits per heavy atom. The molecule has 0 unspecified atom stereocenters. The fourth-order valence-corrected chi connectivity index (χ4v) is 5.24. The Bertz CT molecular complexity index is 1560. The zero-order chi connectivity index (χ0) is 31.9. The fourth-order valence-electron chi connectivity index (χ4n) is 3.97. The van der Waals surface area contributed by atoms with Gasteiger partial charge in [0.05, 0.1) is 29.0 Å². The van der Waals surface area contributed by atoms with Crippen molar-refractivity contribution in [3.63, 3.8) is 0 Å². The van der Waals surface area contributed by atoms with Crippen LogP contribution in [0.3, 0.4) is 0 Å². The van der Waals surface area contributed by atoms with Crippen LogP contribution in [0.15, 0.2) is 64.5 Å². The monoisotopic (exact) mass is 616 g/mol. The third-order valence-corrected chi connectivity index (χ3v) is 7.56. The number of ether oxygens (including phenoxy) is 1. The molecule has 43 heavy (non-hydrogen) atoms. The summed E-state index contributed by atoms with van der Waals surface area (Å²) < 4.78 is 30.6. The number of non-ortho nitro benzene ring substituents is 1. The number of aliphatic imine (C=N–C) groups is 1. The van der Waals surface area contributed by atoms with Crippen LogP contribution in [0.5, 0.6) is 0 Å². The van der Waals surface area contributed by atoms with Crippen molar-refractivity contribution in [3.8, 4) is 0 Å². The molecular formula is C27H32N6O9S. The van der Waals surface area contributed by atoms with Crippen LogP contribution in [0.1, 0.15) is 31.9 Å². The fraction of sp³-hybridized carbons (Fsp3) is 0.370. The standard InChI is InChI=1S/C27H32N6O9S/c1-27(2,3)42-26(35)31-15-14-29-25(31)20-9-7-19(8-10-20)17-30(4)24(34)6-5-13-28-18-43(40,41)23-12-11-21(32(36)37)16-22(23)33(38)39/h5-12,16,28H,13-15,17-18H2,1-4H3/b6-5+. The number of amides is 2. The van der Waals surface area contributed by atoms with Crippen LogP contribution in [0.2, 0.25) is 0 Å². The van der Waals surface area contributed by atoms with Gasteiger partial charge in [-0.3, -0.25) is 40.2 Å². The zero-order valence-corrected chi connectivity index (χ0v) is 24.9. The minimum atomic E-state index is -4.20. The Kier molecular flexibility index (Phi) is 10.3. The van der Waals surface area contributed by atoms with E-state index in [2.05, 4.69) is 10.3 Å². The highest BCUT2D eigenvalue weighted by atomic mass is 32.2. The number of nitro benzene ring substituents is 2. The summed E-state index contributed by atoms with van der Waals surface area (Å²) in [5.41, 5.74) is -0.571. The molecule has 0 aromatic heterocycles. The maximum absolute atomic E-state index is 12.6. The highest BCUT2D eigenvalue weighted by molar-refractivity contribution is 7.91. The van der Waals surface area contributed by atoms with Crippen molar-refractivity contribution in [1.29, 1.82) is 0 Å². The van der Waals surface area contributed by atoms with Gasteiger partial charge in [0.15, 0.2) is 9.84 Å². The molecule has 0 saturated carbocycles. The first-order valence-corrected chi connectivity index (χ1v) is 14.7. The maximum atomic E-state index is 12.6. The molecule has 3 rings (SSSR count). The molecule has 16 heteroatoms. The van der Waals surface area contributed by atoms with Gasteiger partial charge in [-0.2, -0.15) is 0 Å². The van der Waals surface area contributed by atoms with Crippen molar-refractivity contribution in [2.75, 3.05) is 32.6 Å². The van der Waals surface area contributed by atoms with E-state index in [1.807, 2.05) is 24.3 Å². The highest BCUT2D eigenvalue weighted by Gasteiger charge is 2.30. The minimum Gasteiger partial charge on any atom is -0.443 e. The van der Waals surface area contributed by atoms with Crippen molar-refractivity contribution in [2.24, 2.45) is 4.99 Å². The Labute approximate surface area is 248 Å². The number of carbonyl (C=O) groups is 2. The Morgan fingerprint density at radius 2 is 1.79 bits per heavy atom. The number of hydrogen-bond donors (Lipinski definition) is 1. The summed E-state index contributed by atoms with van der Waals surface area (Å²) in [6, 6.07) is 9.56. The van der Waals surface area contributed by atoms with E-state index in [9.17, 15) is 38.2 Å². The van der Waals surface area contributed by atoms with E-state index in [-0.39, 0.29) is 19.0 Å². The molecule has 1 heterocycles. The second-order valence-electron chi connectivity index (χ2n) is 10.5. The second kappa shape index (κ2) is 13.5. The van der Waals surface area contributed by atoms with Crippen molar-refractivity contribution >= 4 is 39.0 Å². The Morgan fingerprint density at radius 3 is 2.40 bits per heavy atom. The molecule has 0 fully saturated rings. The lowest BCUT2D eigenvalue weighted by Gasteiger charge is -2.25. The molecule has 0 aliphatic carbocycles. The first-order chi connectivity index (χ1) is 20.1. The number of nitrogens with one attached hydrogen (secondary N) is 1. The van der Waals surface area contributed by atoms with Gasteiger partial charge in [-0.1, -0.05) is 30.3 Å². The summed E-state index contributed by atoms with van der Waals surface area (Å²) in [4.78, 5) is 52.1. The van der Waals surface area contributed by atoms with Crippen LogP contribution in [-0.2, 0) is 25.9 Å². The molecule has 0 atom stereocenters.